The molecule has 1 fully saturated rings. The van der Waals surface area contributed by atoms with Crippen LogP contribution in [0.1, 0.15) is 5.76 Å². The summed E-state index contributed by atoms with van der Waals surface area (Å²) in [5, 5.41) is 13.2. The third-order valence-electron chi connectivity index (χ3n) is 4.46. The molecule has 0 bridgehead atoms. The van der Waals surface area contributed by atoms with E-state index in [1.54, 1.807) is 36.4 Å². The van der Waals surface area contributed by atoms with Crippen molar-refractivity contribution in [2.75, 3.05) is 4.90 Å². The molecule has 2 aromatic carbocycles. The zero-order chi connectivity index (χ0) is 22.1. The second-order valence-electron chi connectivity index (χ2n) is 6.42. The lowest BCUT2D eigenvalue weighted by Gasteiger charge is -2.26. The maximum absolute atomic E-state index is 12.8. The number of imide groups is 2. The number of barbiturate groups is 1. The summed E-state index contributed by atoms with van der Waals surface area (Å²) >= 11 is 5.82. The molecule has 154 valence electrons. The number of nitro groups is 1. The molecule has 0 saturated carbocycles. The fourth-order valence-corrected chi connectivity index (χ4v) is 3.19. The Labute approximate surface area is 179 Å². The molecule has 0 atom stereocenters. The van der Waals surface area contributed by atoms with E-state index in [0.29, 0.717) is 11.3 Å². The number of nitro benzene ring substituents is 1. The van der Waals surface area contributed by atoms with Crippen LogP contribution in [0.2, 0.25) is 5.02 Å². The van der Waals surface area contributed by atoms with Gasteiger partial charge in [-0.15, -0.1) is 0 Å². The molecule has 0 unspecified atom stereocenters. The molecule has 4 amide bonds. The Balaban J connectivity index is 1.67. The lowest BCUT2D eigenvalue weighted by molar-refractivity contribution is -0.384. The van der Waals surface area contributed by atoms with Crippen LogP contribution in [0.4, 0.5) is 16.2 Å². The highest BCUT2D eigenvalue weighted by atomic mass is 35.5. The van der Waals surface area contributed by atoms with Crippen molar-refractivity contribution in [3.05, 3.63) is 87.1 Å². The van der Waals surface area contributed by atoms with Gasteiger partial charge >= 0.3 is 6.03 Å². The highest BCUT2D eigenvalue weighted by molar-refractivity contribution is 6.39. The Bertz CT molecular complexity index is 1270. The van der Waals surface area contributed by atoms with Crippen LogP contribution in [0.15, 0.2) is 70.7 Å². The summed E-state index contributed by atoms with van der Waals surface area (Å²) in [7, 11) is 0. The van der Waals surface area contributed by atoms with Crippen LogP contribution in [-0.2, 0) is 9.59 Å². The molecule has 3 aromatic rings. The number of benzene rings is 2. The fraction of sp³-hybridized carbons (Fsp3) is 0. The monoisotopic (exact) mass is 437 g/mol. The van der Waals surface area contributed by atoms with Crippen LogP contribution in [0.5, 0.6) is 0 Å². The minimum absolute atomic E-state index is 0.0159. The van der Waals surface area contributed by atoms with Crippen LogP contribution in [-0.4, -0.2) is 22.8 Å². The van der Waals surface area contributed by atoms with Gasteiger partial charge in [0, 0.05) is 11.6 Å². The maximum atomic E-state index is 12.8. The lowest BCUT2D eigenvalue weighted by Crippen LogP contribution is -2.54. The lowest BCUT2D eigenvalue weighted by atomic mass is 10.1. The highest BCUT2D eigenvalue weighted by Crippen LogP contribution is 2.32. The first-order chi connectivity index (χ1) is 14.8. The maximum Gasteiger partial charge on any atom is 0.335 e. The molecule has 1 aromatic heterocycles. The number of amides is 4. The number of carbonyl (C=O) groups excluding carboxylic acids is 3. The van der Waals surface area contributed by atoms with Gasteiger partial charge in [0.1, 0.15) is 22.1 Å². The predicted octanol–water partition coefficient (Wildman–Crippen LogP) is 4.17. The molecule has 0 radical (unpaired) electrons. The number of hydrogen-bond acceptors (Lipinski definition) is 6. The van der Waals surface area contributed by atoms with Crippen LogP contribution >= 0.6 is 11.6 Å². The summed E-state index contributed by atoms with van der Waals surface area (Å²) in [6.45, 7) is 0. The summed E-state index contributed by atoms with van der Waals surface area (Å²) < 4.78 is 5.63. The summed E-state index contributed by atoms with van der Waals surface area (Å²) in [5.74, 6) is -1.25. The minimum Gasteiger partial charge on any atom is -0.457 e. The molecule has 10 heteroatoms. The Hall–Kier alpha value is -4.24. The third kappa shape index (κ3) is 3.81. The Morgan fingerprint density at radius 2 is 1.77 bits per heavy atom. The fourth-order valence-electron chi connectivity index (χ4n) is 3.00. The van der Waals surface area contributed by atoms with E-state index in [0.717, 1.165) is 4.90 Å². The largest absolute Gasteiger partial charge is 0.457 e. The number of urea groups is 1. The number of nitrogens with zero attached hydrogens (tertiary/aromatic N) is 2. The second kappa shape index (κ2) is 7.88. The van der Waals surface area contributed by atoms with Crippen LogP contribution in [0, 0.1) is 10.1 Å². The number of rotatable bonds is 4. The van der Waals surface area contributed by atoms with Gasteiger partial charge in [0.2, 0.25) is 0 Å². The van der Waals surface area contributed by atoms with Gasteiger partial charge in [0.15, 0.2) is 0 Å². The molecular formula is C21H12ClN3O6. The summed E-state index contributed by atoms with van der Waals surface area (Å²) in [5.41, 5.74) is 0.110. The molecule has 0 aliphatic carbocycles. The van der Waals surface area contributed by atoms with Crippen molar-refractivity contribution < 1.29 is 23.7 Å². The average Bonchev–Trinajstić information content (AvgIpc) is 3.20. The highest BCUT2D eigenvalue weighted by Gasteiger charge is 2.37. The van der Waals surface area contributed by atoms with Gasteiger partial charge in [-0.3, -0.25) is 25.0 Å². The van der Waals surface area contributed by atoms with Crippen molar-refractivity contribution in [1.29, 1.82) is 0 Å². The number of carbonyl (C=O) groups is 3. The van der Waals surface area contributed by atoms with Crippen molar-refractivity contribution in [2.45, 2.75) is 0 Å². The van der Waals surface area contributed by atoms with Gasteiger partial charge in [-0.05, 0) is 42.5 Å². The zero-order valence-electron chi connectivity index (χ0n) is 15.6. The molecule has 0 spiro atoms. The molecule has 1 saturated heterocycles. The predicted molar refractivity (Wildman–Crippen MR) is 111 cm³/mol. The Kier molecular flexibility index (Phi) is 5.10. The number of halogens is 1. The molecule has 1 N–H and O–H groups in total. The quantitative estimate of drug-likeness (QED) is 0.283. The molecule has 9 nitrogen and oxygen atoms in total. The van der Waals surface area contributed by atoms with Gasteiger partial charge in [-0.1, -0.05) is 29.8 Å². The van der Waals surface area contributed by atoms with Crippen LogP contribution in [0.25, 0.3) is 17.4 Å². The molecular weight excluding hydrogens is 426 g/mol. The van der Waals surface area contributed by atoms with Crippen molar-refractivity contribution in [1.82, 2.24) is 5.32 Å². The van der Waals surface area contributed by atoms with Crippen LogP contribution < -0.4 is 10.2 Å². The van der Waals surface area contributed by atoms with E-state index in [4.69, 9.17) is 16.0 Å². The Morgan fingerprint density at radius 3 is 2.48 bits per heavy atom. The topological polar surface area (TPSA) is 123 Å². The van der Waals surface area contributed by atoms with Crippen molar-refractivity contribution >= 4 is 46.9 Å². The van der Waals surface area contributed by atoms with E-state index in [2.05, 4.69) is 5.32 Å². The number of para-hydroxylation sites is 1. The standard InChI is InChI=1S/C21H12ClN3O6/c22-16-8-6-12(10-17(16)25(29)30)18-9-7-14(31-18)11-15-19(26)23-21(28)24(20(15)27)13-4-2-1-3-5-13/h1-11H,(H,23,26,28)/b15-11+. The van der Waals surface area contributed by atoms with Gasteiger partial charge in [-0.2, -0.15) is 0 Å². The van der Waals surface area contributed by atoms with E-state index in [9.17, 15) is 24.5 Å². The van der Waals surface area contributed by atoms with E-state index in [1.165, 1.54) is 30.3 Å². The van der Waals surface area contributed by atoms with Gasteiger partial charge in [-0.25, -0.2) is 9.69 Å². The number of anilines is 1. The first-order valence-electron chi connectivity index (χ1n) is 8.86. The molecule has 1 aliphatic rings. The van der Waals surface area contributed by atoms with Crippen molar-refractivity contribution in [3.63, 3.8) is 0 Å². The average molecular weight is 438 g/mol. The zero-order valence-corrected chi connectivity index (χ0v) is 16.3. The first kappa shape index (κ1) is 20.0. The number of furan rings is 1. The summed E-state index contributed by atoms with van der Waals surface area (Å²) in [6, 6.07) is 14.5. The van der Waals surface area contributed by atoms with Crippen molar-refractivity contribution in [2.24, 2.45) is 0 Å². The summed E-state index contributed by atoms with van der Waals surface area (Å²) in [6.07, 6.45) is 1.20. The Morgan fingerprint density at radius 1 is 1.03 bits per heavy atom. The van der Waals surface area contributed by atoms with Gasteiger partial charge in [0.25, 0.3) is 17.5 Å². The van der Waals surface area contributed by atoms with Crippen molar-refractivity contribution in [3.8, 4) is 11.3 Å². The molecule has 2 heterocycles. The summed E-state index contributed by atoms with van der Waals surface area (Å²) in [4.78, 5) is 48.6. The molecule has 4 rings (SSSR count). The van der Waals surface area contributed by atoms with E-state index < -0.39 is 22.8 Å². The number of nitrogens with one attached hydrogen (secondary N) is 1. The SMILES string of the molecule is O=C1NC(=O)N(c2ccccc2)C(=O)/C1=C/c1ccc(-c2ccc(Cl)c([N+](=O)[O-])c2)o1. The van der Waals surface area contributed by atoms with Gasteiger partial charge in [0.05, 0.1) is 10.6 Å². The van der Waals surface area contributed by atoms with Gasteiger partial charge < -0.3 is 4.42 Å². The third-order valence-corrected chi connectivity index (χ3v) is 4.78. The smallest absolute Gasteiger partial charge is 0.335 e. The van der Waals surface area contributed by atoms with E-state index in [1.807, 2.05) is 0 Å². The van der Waals surface area contributed by atoms with E-state index >= 15 is 0 Å². The molecule has 31 heavy (non-hydrogen) atoms. The molecule has 1 aliphatic heterocycles. The minimum atomic E-state index is -0.859. The van der Waals surface area contributed by atoms with Crippen LogP contribution in [0.3, 0.4) is 0 Å². The number of hydrogen-bond donors (Lipinski definition) is 1. The first-order valence-corrected chi connectivity index (χ1v) is 9.23. The second-order valence-corrected chi connectivity index (χ2v) is 6.83. The van der Waals surface area contributed by atoms with E-state index in [-0.39, 0.29) is 27.8 Å². The normalized spacial score (nSPS) is 15.3.